The molecule has 1 fully saturated rings. The Morgan fingerprint density at radius 3 is 2.53 bits per heavy atom. The van der Waals surface area contributed by atoms with Crippen LogP contribution in [0.2, 0.25) is 0 Å². The first-order chi connectivity index (χ1) is 18.3. The van der Waals surface area contributed by atoms with Crippen molar-refractivity contribution in [2.75, 3.05) is 34.0 Å². The number of methoxy groups -OCH3 is 2. The lowest BCUT2D eigenvalue weighted by molar-refractivity contribution is 0.0403. The summed E-state index contributed by atoms with van der Waals surface area (Å²) in [5.41, 5.74) is 1.19. The molecule has 1 aromatic heterocycles. The topological polar surface area (TPSA) is 116 Å². The van der Waals surface area contributed by atoms with Crippen molar-refractivity contribution in [2.45, 2.75) is 25.4 Å². The Morgan fingerprint density at radius 2 is 1.87 bits per heavy atom. The molecule has 2 heterocycles. The van der Waals surface area contributed by atoms with Crippen molar-refractivity contribution in [3.05, 3.63) is 71.2 Å². The molecule has 1 aliphatic rings. The minimum absolute atomic E-state index is 0.0493. The number of rotatable bonds is 11. The van der Waals surface area contributed by atoms with E-state index in [2.05, 4.69) is 5.32 Å². The van der Waals surface area contributed by atoms with E-state index < -0.39 is 11.7 Å². The molecule has 0 aliphatic carbocycles. The van der Waals surface area contributed by atoms with E-state index in [1.807, 2.05) is 0 Å². The summed E-state index contributed by atoms with van der Waals surface area (Å²) in [6, 6.07) is 12.8. The third kappa shape index (κ3) is 5.55. The second kappa shape index (κ2) is 11.5. The zero-order chi connectivity index (χ0) is 27.3. The van der Waals surface area contributed by atoms with Gasteiger partial charge >= 0.3 is 6.09 Å². The summed E-state index contributed by atoms with van der Waals surface area (Å²) in [7, 11) is 2.97. The van der Waals surface area contributed by atoms with Crippen LogP contribution >= 0.6 is 0 Å². The fourth-order valence-corrected chi connectivity index (χ4v) is 4.31. The van der Waals surface area contributed by atoms with Gasteiger partial charge in [0.1, 0.15) is 23.9 Å². The monoisotopic (exact) mass is 524 g/mol. The number of alkyl carbamates (subject to hydrolysis) is 1. The van der Waals surface area contributed by atoms with Crippen LogP contribution < -0.4 is 19.5 Å². The van der Waals surface area contributed by atoms with Crippen LogP contribution in [0.15, 0.2) is 48.5 Å². The summed E-state index contributed by atoms with van der Waals surface area (Å²) in [6.07, 6.45) is -0.397. The molecule has 2 N–H and O–H groups in total. The van der Waals surface area contributed by atoms with E-state index >= 15 is 0 Å². The van der Waals surface area contributed by atoms with Gasteiger partial charge in [0, 0.05) is 24.0 Å². The highest BCUT2D eigenvalue weighted by molar-refractivity contribution is 5.96. The number of hydrogen-bond donors (Lipinski definition) is 2. The highest BCUT2D eigenvalue weighted by atomic mass is 19.1. The second-order valence-corrected chi connectivity index (χ2v) is 8.81. The van der Waals surface area contributed by atoms with Gasteiger partial charge in [-0.05, 0) is 61.0 Å². The standard InChI is InChI=1S/C28H29FN2O7/c1-17-14-19(4-6-20(17)29)26-23(35-2)8-9-25(31-26)28(16-30-27(34)38-28)11-10-21(33)18-5-7-22(37-13-12-32)24(15-18)36-3/h4-9,14-15,32H,10-13,16H2,1-3H3,(H,30,34). The minimum Gasteiger partial charge on any atom is -0.494 e. The molecule has 4 rings (SSSR count). The molecule has 1 unspecified atom stereocenters. The zero-order valence-corrected chi connectivity index (χ0v) is 21.4. The number of nitrogens with one attached hydrogen (secondary N) is 1. The normalized spacial score (nSPS) is 16.5. The van der Waals surface area contributed by atoms with Crippen molar-refractivity contribution in [3.63, 3.8) is 0 Å². The molecule has 38 heavy (non-hydrogen) atoms. The molecular weight excluding hydrogens is 495 g/mol. The molecule has 0 saturated carbocycles. The first-order valence-electron chi connectivity index (χ1n) is 12.0. The van der Waals surface area contributed by atoms with Gasteiger partial charge < -0.3 is 29.4 Å². The van der Waals surface area contributed by atoms with E-state index in [-0.39, 0.29) is 44.2 Å². The van der Waals surface area contributed by atoms with Gasteiger partial charge in [-0.15, -0.1) is 0 Å². The van der Waals surface area contributed by atoms with Crippen molar-refractivity contribution in [1.29, 1.82) is 0 Å². The van der Waals surface area contributed by atoms with Gasteiger partial charge in [0.25, 0.3) is 0 Å². The van der Waals surface area contributed by atoms with E-state index in [1.165, 1.54) is 20.3 Å². The molecule has 10 heteroatoms. The lowest BCUT2D eigenvalue weighted by Gasteiger charge is -2.26. The Labute approximate surface area is 219 Å². The average molecular weight is 525 g/mol. The quantitative estimate of drug-likeness (QED) is 0.359. The zero-order valence-electron chi connectivity index (χ0n) is 21.4. The third-order valence-electron chi connectivity index (χ3n) is 6.37. The van der Waals surface area contributed by atoms with Gasteiger partial charge in [-0.25, -0.2) is 14.2 Å². The van der Waals surface area contributed by atoms with Crippen LogP contribution in [0.4, 0.5) is 9.18 Å². The van der Waals surface area contributed by atoms with E-state index in [0.717, 1.165) is 0 Å². The Kier molecular flexibility index (Phi) is 8.11. The van der Waals surface area contributed by atoms with Crippen molar-refractivity contribution in [2.24, 2.45) is 0 Å². The smallest absolute Gasteiger partial charge is 0.408 e. The number of hydrogen-bond acceptors (Lipinski definition) is 8. The van der Waals surface area contributed by atoms with Crippen LogP contribution in [0, 0.1) is 12.7 Å². The van der Waals surface area contributed by atoms with Gasteiger partial charge in [0.05, 0.1) is 33.1 Å². The molecule has 0 bridgehead atoms. The largest absolute Gasteiger partial charge is 0.494 e. The number of halogens is 1. The van der Waals surface area contributed by atoms with Crippen LogP contribution in [0.5, 0.6) is 17.2 Å². The van der Waals surface area contributed by atoms with Crippen LogP contribution in [-0.2, 0) is 10.3 Å². The number of ether oxygens (including phenoxy) is 4. The number of carbonyl (C=O) groups is 2. The summed E-state index contributed by atoms with van der Waals surface area (Å²) in [6.45, 7) is 1.72. The van der Waals surface area contributed by atoms with Crippen molar-refractivity contribution in [3.8, 4) is 28.5 Å². The van der Waals surface area contributed by atoms with E-state index in [0.29, 0.717) is 45.3 Å². The Morgan fingerprint density at radius 1 is 1.11 bits per heavy atom. The summed E-state index contributed by atoms with van der Waals surface area (Å²) in [4.78, 5) is 30.0. The molecule has 2 aromatic carbocycles. The van der Waals surface area contributed by atoms with Crippen LogP contribution in [-0.4, -0.2) is 55.9 Å². The number of aromatic nitrogens is 1. The number of aliphatic hydroxyl groups is 1. The number of amides is 1. The number of ketones is 1. The van der Waals surface area contributed by atoms with E-state index in [1.54, 1.807) is 49.4 Å². The number of aliphatic hydroxyl groups excluding tert-OH is 1. The molecule has 9 nitrogen and oxygen atoms in total. The predicted molar refractivity (Wildman–Crippen MR) is 136 cm³/mol. The lowest BCUT2D eigenvalue weighted by Crippen LogP contribution is -2.32. The number of Topliss-reactive ketones (excluding diaryl/α,β-unsaturated/α-hetero) is 1. The maximum absolute atomic E-state index is 13.9. The van der Waals surface area contributed by atoms with Gasteiger partial charge in [-0.3, -0.25) is 4.79 Å². The maximum Gasteiger partial charge on any atom is 0.408 e. The Hall–Kier alpha value is -4.18. The van der Waals surface area contributed by atoms with Crippen LogP contribution in [0.1, 0.15) is 34.5 Å². The summed E-state index contributed by atoms with van der Waals surface area (Å²) < 4.78 is 35.8. The van der Waals surface area contributed by atoms with Crippen LogP contribution in [0.3, 0.4) is 0 Å². The molecule has 3 aromatic rings. The molecule has 1 saturated heterocycles. The third-order valence-corrected chi connectivity index (χ3v) is 6.37. The molecular formula is C28H29FN2O7. The first-order valence-corrected chi connectivity index (χ1v) is 12.0. The summed E-state index contributed by atoms with van der Waals surface area (Å²) in [5.74, 6) is 0.719. The highest BCUT2D eigenvalue weighted by Gasteiger charge is 2.44. The van der Waals surface area contributed by atoms with Gasteiger partial charge in [-0.2, -0.15) is 0 Å². The van der Waals surface area contributed by atoms with Gasteiger partial charge in [0.2, 0.25) is 0 Å². The second-order valence-electron chi connectivity index (χ2n) is 8.81. The predicted octanol–water partition coefficient (Wildman–Crippen LogP) is 4.18. The number of carbonyl (C=O) groups excluding carboxylic acids is 2. The SMILES string of the molecule is COc1cc(C(=O)CCC2(c3ccc(OC)c(-c4ccc(F)c(C)c4)n3)CNC(=O)O2)ccc1OCCO. The van der Waals surface area contributed by atoms with Crippen molar-refractivity contribution < 1.29 is 38.0 Å². The van der Waals surface area contributed by atoms with E-state index in [9.17, 15) is 14.0 Å². The molecule has 0 radical (unpaired) electrons. The lowest BCUT2D eigenvalue weighted by atomic mass is 9.90. The highest BCUT2D eigenvalue weighted by Crippen LogP contribution is 2.38. The first kappa shape index (κ1) is 26.9. The maximum atomic E-state index is 13.9. The fraction of sp³-hybridized carbons (Fsp3) is 0.321. The molecule has 0 spiro atoms. The van der Waals surface area contributed by atoms with Crippen LogP contribution in [0.25, 0.3) is 11.3 Å². The summed E-state index contributed by atoms with van der Waals surface area (Å²) >= 11 is 0. The molecule has 1 amide bonds. The number of benzene rings is 2. The fourth-order valence-electron chi connectivity index (χ4n) is 4.31. The van der Waals surface area contributed by atoms with E-state index in [4.69, 9.17) is 29.0 Å². The molecule has 1 atom stereocenters. The van der Waals surface area contributed by atoms with Crippen molar-refractivity contribution in [1.82, 2.24) is 10.3 Å². The number of pyridine rings is 1. The molecule has 1 aliphatic heterocycles. The number of aryl methyl sites for hydroxylation is 1. The van der Waals surface area contributed by atoms with Gasteiger partial charge in [0.15, 0.2) is 22.9 Å². The minimum atomic E-state index is -1.20. The Balaban J connectivity index is 1.62. The molecule has 200 valence electrons. The summed E-state index contributed by atoms with van der Waals surface area (Å²) in [5, 5.41) is 11.7. The van der Waals surface area contributed by atoms with Crippen molar-refractivity contribution >= 4 is 11.9 Å². The Bertz CT molecular complexity index is 1350. The van der Waals surface area contributed by atoms with Gasteiger partial charge in [-0.1, -0.05) is 0 Å². The average Bonchev–Trinajstić information content (AvgIpc) is 3.33. The number of cyclic esters (lactones) is 1. The number of nitrogens with zero attached hydrogens (tertiary/aromatic N) is 1.